The van der Waals surface area contributed by atoms with Gasteiger partial charge in [0.05, 0.1) is 0 Å². The van der Waals surface area contributed by atoms with Crippen molar-refractivity contribution in [2.75, 3.05) is 32.0 Å². The van der Waals surface area contributed by atoms with Crippen LogP contribution in [0.15, 0.2) is 34.9 Å². The summed E-state index contributed by atoms with van der Waals surface area (Å²) >= 11 is 0. The Hall–Kier alpha value is -3.61. The van der Waals surface area contributed by atoms with Crippen LogP contribution in [0.1, 0.15) is 34.9 Å². The standard InChI is InChI=1S/C21H22F3N7O3/c22-21(23,24)12-33-11-14-6-8-31(9-7-14)19(32)18-28-17(30-34-18)16-26-15(27-20(25)29-16)10-13-4-2-1-3-5-13/h1-5,14H,6-12H2,(H2,25,26,27,29). The van der Waals surface area contributed by atoms with Crippen LogP contribution >= 0.6 is 0 Å². The third-order valence-corrected chi connectivity index (χ3v) is 5.23. The molecule has 0 atom stereocenters. The number of aromatic nitrogens is 5. The van der Waals surface area contributed by atoms with Gasteiger partial charge >= 0.3 is 18.0 Å². The number of likely N-dealkylation sites (tertiary alicyclic amines) is 1. The molecule has 0 bridgehead atoms. The fraction of sp³-hybridized carbons (Fsp3) is 0.429. The third kappa shape index (κ3) is 6.25. The molecule has 13 heteroatoms. The molecule has 0 spiro atoms. The molecule has 180 valence electrons. The summed E-state index contributed by atoms with van der Waals surface area (Å²) in [4.78, 5) is 30.9. The summed E-state index contributed by atoms with van der Waals surface area (Å²) in [6, 6.07) is 9.55. The molecule has 3 heterocycles. The second-order valence-electron chi connectivity index (χ2n) is 7.88. The van der Waals surface area contributed by atoms with Crippen LogP contribution in [0.4, 0.5) is 19.1 Å². The number of amides is 1. The zero-order valence-electron chi connectivity index (χ0n) is 18.0. The van der Waals surface area contributed by atoms with E-state index in [1.165, 1.54) is 4.90 Å². The number of halogens is 3. The van der Waals surface area contributed by atoms with Crippen LogP contribution in [0.25, 0.3) is 11.6 Å². The van der Waals surface area contributed by atoms with Gasteiger partial charge in [-0.05, 0) is 24.3 Å². The number of anilines is 1. The number of hydrogen-bond acceptors (Lipinski definition) is 9. The first-order valence-corrected chi connectivity index (χ1v) is 10.6. The van der Waals surface area contributed by atoms with E-state index in [2.05, 4.69) is 25.1 Å². The fourth-order valence-electron chi connectivity index (χ4n) is 3.58. The lowest BCUT2D eigenvalue weighted by Crippen LogP contribution is -2.39. The Morgan fingerprint density at radius 2 is 1.82 bits per heavy atom. The summed E-state index contributed by atoms with van der Waals surface area (Å²) in [7, 11) is 0. The van der Waals surface area contributed by atoms with Crippen molar-refractivity contribution in [3.63, 3.8) is 0 Å². The van der Waals surface area contributed by atoms with Gasteiger partial charge in [0.1, 0.15) is 12.4 Å². The van der Waals surface area contributed by atoms with E-state index in [4.69, 9.17) is 15.0 Å². The summed E-state index contributed by atoms with van der Waals surface area (Å²) in [6.07, 6.45) is -2.90. The molecule has 2 N–H and O–H groups in total. The highest BCUT2D eigenvalue weighted by Gasteiger charge is 2.30. The minimum absolute atomic E-state index is 0.00162. The van der Waals surface area contributed by atoms with Gasteiger partial charge in [0.15, 0.2) is 0 Å². The minimum Gasteiger partial charge on any atom is -0.372 e. The van der Waals surface area contributed by atoms with E-state index >= 15 is 0 Å². The molecule has 1 aliphatic heterocycles. The predicted molar refractivity (Wildman–Crippen MR) is 112 cm³/mol. The first-order valence-electron chi connectivity index (χ1n) is 10.6. The largest absolute Gasteiger partial charge is 0.411 e. The zero-order valence-corrected chi connectivity index (χ0v) is 18.0. The molecule has 10 nitrogen and oxygen atoms in total. The Morgan fingerprint density at radius 3 is 2.53 bits per heavy atom. The predicted octanol–water partition coefficient (Wildman–Crippen LogP) is 2.53. The van der Waals surface area contributed by atoms with Gasteiger partial charge in [-0.1, -0.05) is 35.5 Å². The van der Waals surface area contributed by atoms with Gasteiger partial charge in [-0.15, -0.1) is 0 Å². The van der Waals surface area contributed by atoms with Gasteiger partial charge in [0, 0.05) is 26.1 Å². The van der Waals surface area contributed by atoms with E-state index in [0.29, 0.717) is 38.2 Å². The highest BCUT2D eigenvalue weighted by atomic mass is 19.4. The Kier molecular flexibility index (Phi) is 7.01. The van der Waals surface area contributed by atoms with Crippen LogP contribution in [0.3, 0.4) is 0 Å². The Morgan fingerprint density at radius 1 is 1.09 bits per heavy atom. The molecule has 2 aromatic heterocycles. The molecule has 1 aliphatic rings. The summed E-state index contributed by atoms with van der Waals surface area (Å²) in [5.41, 5.74) is 6.79. The van der Waals surface area contributed by atoms with Gasteiger partial charge in [-0.25, -0.2) is 4.98 Å². The maximum Gasteiger partial charge on any atom is 0.411 e. The average molecular weight is 477 g/mol. The van der Waals surface area contributed by atoms with Crippen LogP contribution in [-0.2, 0) is 11.2 Å². The molecule has 3 aromatic rings. The first-order chi connectivity index (χ1) is 16.3. The van der Waals surface area contributed by atoms with Crippen LogP contribution < -0.4 is 5.73 Å². The van der Waals surface area contributed by atoms with Crippen molar-refractivity contribution in [3.05, 3.63) is 47.6 Å². The number of benzene rings is 1. The average Bonchev–Trinajstić information content (AvgIpc) is 3.29. The molecule has 1 amide bonds. The molecule has 1 aromatic carbocycles. The van der Waals surface area contributed by atoms with Crippen molar-refractivity contribution in [2.24, 2.45) is 5.92 Å². The second-order valence-corrected chi connectivity index (χ2v) is 7.88. The molecular weight excluding hydrogens is 455 g/mol. The number of nitrogen functional groups attached to an aromatic ring is 1. The minimum atomic E-state index is -4.35. The Labute approximate surface area is 192 Å². The number of carbonyl (C=O) groups is 1. The molecule has 34 heavy (non-hydrogen) atoms. The normalized spacial score (nSPS) is 15.0. The molecular formula is C21H22F3N7O3. The lowest BCUT2D eigenvalue weighted by molar-refractivity contribution is -0.177. The van der Waals surface area contributed by atoms with Crippen LogP contribution in [0.2, 0.25) is 0 Å². The molecule has 0 saturated carbocycles. The number of rotatable bonds is 7. The van der Waals surface area contributed by atoms with E-state index in [1.54, 1.807) is 0 Å². The summed E-state index contributed by atoms with van der Waals surface area (Å²) in [6.45, 7) is -0.586. The van der Waals surface area contributed by atoms with Gasteiger partial charge in [0.25, 0.3) is 0 Å². The first kappa shape index (κ1) is 23.5. The van der Waals surface area contributed by atoms with E-state index < -0.39 is 18.7 Å². The SMILES string of the molecule is Nc1nc(Cc2ccccc2)nc(-c2noc(C(=O)N3CCC(COCC(F)(F)F)CC3)n2)n1. The molecule has 4 rings (SSSR count). The maximum atomic E-state index is 12.7. The number of piperidine rings is 1. The van der Waals surface area contributed by atoms with E-state index in [-0.39, 0.29) is 36.0 Å². The van der Waals surface area contributed by atoms with E-state index in [9.17, 15) is 18.0 Å². The quantitative estimate of drug-likeness (QED) is 0.545. The van der Waals surface area contributed by atoms with Crippen molar-refractivity contribution in [1.82, 2.24) is 30.0 Å². The number of alkyl halides is 3. The number of hydrogen-bond donors (Lipinski definition) is 1. The fourth-order valence-corrected chi connectivity index (χ4v) is 3.58. The smallest absolute Gasteiger partial charge is 0.372 e. The summed E-state index contributed by atoms with van der Waals surface area (Å²) < 4.78 is 46.5. The van der Waals surface area contributed by atoms with E-state index in [0.717, 1.165) is 5.56 Å². The number of ether oxygens (including phenoxy) is 1. The van der Waals surface area contributed by atoms with Crippen LogP contribution in [0.5, 0.6) is 0 Å². The van der Waals surface area contributed by atoms with Gasteiger partial charge in [-0.3, -0.25) is 4.79 Å². The lowest BCUT2D eigenvalue weighted by atomic mass is 9.98. The highest BCUT2D eigenvalue weighted by Crippen LogP contribution is 2.22. The Bertz CT molecular complexity index is 1120. The van der Waals surface area contributed by atoms with E-state index in [1.807, 2.05) is 30.3 Å². The zero-order chi connectivity index (χ0) is 24.1. The van der Waals surface area contributed by atoms with Crippen LogP contribution in [0, 0.1) is 5.92 Å². The molecule has 0 aliphatic carbocycles. The van der Waals surface area contributed by atoms with Crippen molar-refractivity contribution in [3.8, 4) is 11.6 Å². The molecule has 0 radical (unpaired) electrons. The third-order valence-electron chi connectivity index (χ3n) is 5.23. The van der Waals surface area contributed by atoms with Gasteiger partial charge in [-0.2, -0.15) is 28.1 Å². The number of nitrogens with two attached hydrogens (primary N) is 1. The maximum absolute atomic E-state index is 12.7. The number of carbonyl (C=O) groups excluding carboxylic acids is 1. The monoisotopic (exact) mass is 477 g/mol. The van der Waals surface area contributed by atoms with Crippen molar-refractivity contribution in [1.29, 1.82) is 0 Å². The lowest BCUT2D eigenvalue weighted by Gasteiger charge is -2.30. The second kappa shape index (κ2) is 10.1. The molecule has 1 saturated heterocycles. The number of nitrogens with zero attached hydrogens (tertiary/aromatic N) is 6. The van der Waals surface area contributed by atoms with Crippen molar-refractivity contribution in [2.45, 2.75) is 25.4 Å². The molecule has 1 fully saturated rings. The molecule has 0 unspecified atom stereocenters. The van der Waals surface area contributed by atoms with Crippen LogP contribution in [-0.4, -0.2) is 68.4 Å². The van der Waals surface area contributed by atoms with Gasteiger partial charge < -0.3 is 19.9 Å². The highest BCUT2D eigenvalue weighted by molar-refractivity contribution is 5.90. The van der Waals surface area contributed by atoms with Crippen molar-refractivity contribution < 1.29 is 27.2 Å². The Balaban J connectivity index is 1.37. The van der Waals surface area contributed by atoms with Crippen molar-refractivity contribution >= 4 is 11.9 Å². The van der Waals surface area contributed by atoms with Gasteiger partial charge in [0.2, 0.25) is 17.6 Å². The summed E-state index contributed by atoms with van der Waals surface area (Å²) in [5, 5.41) is 3.80. The summed E-state index contributed by atoms with van der Waals surface area (Å²) in [5.74, 6) is -0.264. The topological polar surface area (TPSA) is 133 Å².